The number of phosphoric ester groups is 1. The van der Waals surface area contributed by atoms with Crippen LogP contribution in [-0.2, 0) is 18.4 Å². The number of nitrogens with zero attached hydrogens (tertiary/aromatic N) is 1. The van der Waals surface area contributed by atoms with Crippen molar-refractivity contribution in [1.82, 2.24) is 5.32 Å². The van der Waals surface area contributed by atoms with Gasteiger partial charge in [0.25, 0.3) is 7.82 Å². The van der Waals surface area contributed by atoms with Crippen LogP contribution in [0.1, 0.15) is 84.5 Å². The lowest BCUT2D eigenvalue weighted by molar-refractivity contribution is -0.870. The second kappa shape index (κ2) is 21.6. The monoisotopic (exact) mass is 544 g/mol. The minimum atomic E-state index is -4.56. The van der Waals surface area contributed by atoms with Gasteiger partial charge in [-0.3, -0.25) is 9.36 Å². The van der Waals surface area contributed by atoms with E-state index in [1.807, 2.05) is 34.1 Å². The van der Waals surface area contributed by atoms with Crippen molar-refractivity contribution in [3.63, 3.8) is 0 Å². The molecule has 0 aromatic heterocycles. The number of allylic oxidation sites excluding steroid dienone is 5. The molecule has 37 heavy (non-hydrogen) atoms. The Hall–Kier alpha value is -1.28. The molecule has 0 saturated heterocycles. The summed E-state index contributed by atoms with van der Waals surface area (Å²) in [5, 5.41) is 13.3. The number of nitrogens with one attached hydrogen (secondary N) is 1. The fourth-order valence-electron chi connectivity index (χ4n) is 3.22. The van der Waals surface area contributed by atoms with Crippen molar-refractivity contribution in [2.75, 3.05) is 40.9 Å². The Balaban J connectivity index is 4.70. The van der Waals surface area contributed by atoms with Crippen LogP contribution in [0.2, 0.25) is 0 Å². The molecule has 0 aliphatic rings. The molecule has 8 nitrogen and oxygen atoms in total. The molecular formula is C28H53N2O6P. The van der Waals surface area contributed by atoms with E-state index in [2.05, 4.69) is 36.5 Å². The molecule has 0 spiro atoms. The van der Waals surface area contributed by atoms with Gasteiger partial charge in [-0.2, -0.15) is 0 Å². The first kappa shape index (κ1) is 35.7. The number of unbranched alkanes of at least 4 members (excludes halogenated alkanes) is 6. The second-order valence-corrected chi connectivity index (χ2v) is 11.8. The zero-order valence-electron chi connectivity index (χ0n) is 23.9. The fraction of sp³-hybridized carbons (Fsp3) is 0.750. The smallest absolute Gasteiger partial charge is 0.268 e. The predicted octanol–water partition coefficient (Wildman–Crippen LogP) is 5.04. The van der Waals surface area contributed by atoms with Gasteiger partial charge in [-0.1, -0.05) is 76.0 Å². The molecule has 3 atom stereocenters. The molecular weight excluding hydrogens is 491 g/mol. The van der Waals surface area contributed by atoms with E-state index in [9.17, 15) is 19.4 Å². The van der Waals surface area contributed by atoms with Gasteiger partial charge in [0, 0.05) is 6.42 Å². The van der Waals surface area contributed by atoms with Gasteiger partial charge in [-0.15, -0.1) is 0 Å². The largest absolute Gasteiger partial charge is 0.756 e. The van der Waals surface area contributed by atoms with Gasteiger partial charge >= 0.3 is 0 Å². The summed E-state index contributed by atoms with van der Waals surface area (Å²) in [7, 11) is 1.22. The molecule has 0 saturated carbocycles. The molecule has 0 rings (SSSR count). The molecule has 9 heteroatoms. The summed E-state index contributed by atoms with van der Waals surface area (Å²) in [6, 6.07) is -0.898. The Kier molecular flexibility index (Phi) is 20.9. The summed E-state index contributed by atoms with van der Waals surface area (Å²) in [5.74, 6) is -0.243. The maximum Gasteiger partial charge on any atom is 0.268 e. The SMILES string of the molecule is CCCC/C=C/CC/C=C/CC/C=C/C(O)C(COP(=O)([O-])OCC[N+](C)(C)C)NC(=O)CCCCC. The van der Waals surface area contributed by atoms with Crippen LogP contribution < -0.4 is 10.2 Å². The van der Waals surface area contributed by atoms with Gasteiger partial charge in [0.15, 0.2) is 0 Å². The van der Waals surface area contributed by atoms with Gasteiger partial charge < -0.3 is 28.8 Å². The average Bonchev–Trinajstić information content (AvgIpc) is 2.81. The van der Waals surface area contributed by atoms with E-state index in [-0.39, 0.29) is 12.5 Å². The minimum absolute atomic E-state index is 0.0105. The third-order valence-corrected chi connectivity index (χ3v) is 6.54. The highest BCUT2D eigenvalue weighted by Gasteiger charge is 2.23. The van der Waals surface area contributed by atoms with E-state index >= 15 is 0 Å². The lowest BCUT2D eigenvalue weighted by atomic mass is 10.1. The summed E-state index contributed by atoms with van der Waals surface area (Å²) in [6.45, 7) is 4.32. The van der Waals surface area contributed by atoms with Crippen LogP contribution in [-0.4, -0.2) is 68.5 Å². The van der Waals surface area contributed by atoms with Crippen LogP contribution in [0.5, 0.6) is 0 Å². The molecule has 0 aromatic rings. The van der Waals surface area contributed by atoms with Crippen molar-refractivity contribution in [1.29, 1.82) is 0 Å². The molecule has 0 fully saturated rings. The highest BCUT2D eigenvalue weighted by molar-refractivity contribution is 7.45. The van der Waals surface area contributed by atoms with Crippen LogP contribution in [0.3, 0.4) is 0 Å². The number of rotatable bonds is 23. The normalized spacial score (nSPS) is 16.0. The summed E-state index contributed by atoms with van der Waals surface area (Å²) in [5.41, 5.74) is 0. The number of aliphatic hydroxyl groups excluding tert-OH is 1. The van der Waals surface area contributed by atoms with E-state index in [4.69, 9.17) is 9.05 Å². The first-order valence-corrected chi connectivity index (χ1v) is 15.3. The Labute approximate surface area is 226 Å². The molecule has 0 aliphatic heterocycles. The standard InChI is InChI=1S/C28H53N2O6P/c1-6-8-10-11-12-13-14-15-16-17-18-20-21-27(31)26(29-28(32)22-19-9-7-2)25-36-37(33,34)35-24-23-30(3,4)5/h11-12,15-16,20-21,26-27,31H,6-10,13-14,17-19,22-25H2,1-5H3,(H-,29,32,33,34)/b12-11+,16-15+,21-20+. The number of aliphatic hydroxyl groups is 1. The van der Waals surface area contributed by atoms with Crippen molar-refractivity contribution in [2.24, 2.45) is 0 Å². The number of hydrogen-bond acceptors (Lipinski definition) is 6. The number of hydrogen-bond donors (Lipinski definition) is 2. The minimum Gasteiger partial charge on any atom is -0.756 e. The van der Waals surface area contributed by atoms with Crippen molar-refractivity contribution < 1.29 is 32.9 Å². The van der Waals surface area contributed by atoms with Gasteiger partial charge in [-0.05, 0) is 38.5 Å². The molecule has 216 valence electrons. The number of phosphoric acid groups is 1. The molecule has 0 radical (unpaired) electrons. The molecule has 0 aromatic carbocycles. The van der Waals surface area contributed by atoms with E-state index in [0.29, 0.717) is 17.4 Å². The lowest BCUT2D eigenvalue weighted by Gasteiger charge is -2.29. The van der Waals surface area contributed by atoms with Crippen LogP contribution in [0.15, 0.2) is 36.5 Å². The van der Waals surface area contributed by atoms with E-state index in [0.717, 1.165) is 51.4 Å². The second-order valence-electron chi connectivity index (χ2n) is 10.4. The van der Waals surface area contributed by atoms with Crippen molar-refractivity contribution in [2.45, 2.75) is 96.6 Å². The molecule has 0 aliphatic carbocycles. The molecule has 0 heterocycles. The number of carbonyl (C=O) groups excluding carboxylic acids is 1. The van der Waals surface area contributed by atoms with Gasteiger partial charge in [0.05, 0.1) is 39.9 Å². The van der Waals surface area contributed by atoms with Crippen molar-refractivity contribution in [3.05, 3.63) is 36.5 Å². The number of carbonyl (C=O) groups is 1. The average molecular weight is 545 g/mol. The first-order chi connectivity index (χ1) is 17.5. The number of likely N-dealkylation sites (N-methyl/N-ethyl adjacent to an activating group) is 1. The number of amides is 1. The highest BCUT2D eigenvalue weighted by Crippen LogP contribution is 2.38. The highest BCUT2D eigenvalue weighted by atomic mass is 31.2. The molecule has 1 amide bonds. The first-order valence-electron chi connectivity index (χ1n) is 13.9. The Bertz CT molecular complexity index is 718. The molecule has 2 N–H and O–H groups in total. The van der Waals surface area contributed by atoms with E-state index in [1.54, 1.807) is 6.08 Å². The topological polar surface area (TPSA) is 108 Å². The van der Waals surface area contributed by atoms with E-state index in [1.165, 1.54) is 12.8 Å². The zero-order chi connectivity index (χ0) is 28.0. The van der Waals surface area contributed by atoms with Gasteiger partial charge in [0.2, 0.25) is 5.91 Å². The summed E-state index contributed by atoms with van der Waals surface area (Å²) < 4.78 is 22.7. The quantitative estimate of drug-likeness (QED) is 0.0808. The predicted molar refractivity (Wildman–Crippen MR) is 150 cm³/mol. The summed E-state index contributed by atoms with van der Waals surface area (Å²) >= 11 is 0. The Morgan fingerprint density at radius 3 is 2.05 bits per heavy atom. The maximum atomic E-state index is 12.3. The summed E-state index contributed by atoms with van der Waals surface area (Å²) in [4.78, 5) is 24.5. The van der Waals surface area contributed by atoms with Crippen LogP contribution >= 0.6 is 7.82 Å². The van der Waals surface area contributed by atoms with Crippen molar-refractivity contribution in [3.8, 4) is 0 Å². The van der Waals surface area contributed by atoms with Gasteiger partial charge in [0.1, 0.15) is 13.2 Å². The Morgan fingerprint density at radius 1 is 0.919 bits per heavy atom. The maximum absolute atomic E-state index is 12.3. The lowest BCUT2D eigenvalue weighted by Crippen LogP contribution is -2.45. The zero-order valence-corrected chi connectivity index (χ0v) is 24.8. The summed E-state index contributed by atoms with van der Waals surface area (Å²) in [6.07, 6.45) is 21.3. The molecule has 0 bridgehead atoms. The van der Waals surface area contributed by atoms with Gasteiger partial charge in [-0.25, -0.2) is 0 Å². The third kappa shape index (κ3) is 23.6. The van der Waals surface area contributed by atoms with E-state index < -0.39 is 26.6 Å². The van der Waals surface area contributed by atoms with Crippen LogP contribution in [0.25, 0.3) is 0 Å². The van der Waals surface area contributed by atoms with Crippen LogP contribution in [0.4, 0.5) is 0 Å². The van der Waals surface area contributed by atoms with Crippen molar-refractivity contribution >= 4 is 13.7 Å². The number of quaternary nitrogens is 1. The van der Waals surface area contributed by atoms with Crippen LogP contribution in [0, 0.1) is 0 Å². The molecule has 3 unspecified atom stereocenters. The fourth-order valence-corrected chi connectivity index (χ4v) is 3.95. The third-order valence-electron chi connectivity index (χ3n) is 5.58. The Morgan fingerprint density at radius 2 is 1.49 bits per heavy atom.